The van der Waals surface area contributed by atoms with Crippen LogP contribution in [0.25, 0.3) is 0 Å². The number of hydrogen-bond acceptors (Lipinski definition) is 5. The zero-order valence-electron chi connectivity index (χ0n) is 14.1. The monoisotopic (exact) mass is 358 g/mol. The highest BCUT2D eigenvalue weighted by atomic mass is 32.2. The lowest BCUT2D eigenvalue weighted by Crippen LogP contribution is -2.47. The van der Waals surface area contributed by atoms with Gasteiger partial charge in [0.25, 0.3) is 0 Å². The normalized spacial score (nSPS) is 24.7. The molecule has 4 rings (SSSR count). The molecule has 2 aliphatic rings. The lowest BCUT2D eigenvalue weighted by Gasteiger charge is -2.39. The summed E-state index contributed by atoms with van der Waals surface area (Å²) in [6.07, 6.45) is 6.43. The highest BCUT2D eigenvalue weighted by Gasteiger charge is 2.44. The van der Waals surface area contributed by atoms with Crippen LogP contribution in [0.15, 0.2) is 53.7 Å². The molecule has 2 fully saturated rings. The number of sulfonamides is 1. The van der Waals surface area contributed by atoms with E-state index in [1.165, 1.54) is 0 Å². The van der Waals surface area contributed by atoms with Crippen molar-refractivity contribution >= 4 is 16.0 Å². The standard InChI is InChI=1S/C18H22N4O2S/c23-25(24,16-6-2-1-3-7-16)22-12-4-8-18(15-22)9-13-21(14-18)17-19-10-5-11-20-17/h1-3,5-7,10-11H,4,8-9,12-15H2/t18-/m0/s1. The molecule has 0 unspecified atom stereocenters. The number of hydrogen-bond donors (Lipinski definition) is 0. The Morgan fingerprint density at radius 3 is 2.44 bits per heavy atom. The van der Waals surface area contributed by atoms with Crippen LogP contribution in [0.3, 0.4) is 0 Å². The first kappa shape index (κ1) is 16.5. The second kappa shape index (κ2) is 6.38. The Labute approximate surface area is 148 Å². The van der Waals surface area contributed by atoms with E-state index >= 15 is 0 Å². The molecule has 3 heterocycles. The van der Waals surface area contributed by atoms with Crippen LogP contribution in [0, 0.1) is 5.41 Å². The Morgan fingerprint density at radius 2 is 1.68 bits per heavy atom. The lowest BCUT2D eigenvalue weighted by molar-refractivity contribution is 0.168. The summed E-state index contributed by atoms with van der Waals surface area (Å²) >= 11 is 0. The Kier molecular flexibility index (Phi) is 4.21. The topological polar surface area (TPSA) is 66.4 Å². The molecule has 0 N–H and O–H groups in total. The van der Waals surface area contributed by atoms with Crippen LogP contribution in [0.4, 0.5) is 5.95 Å². The van der Waals surface area contributed by atoms with E-state index in [2.05, 4.69) is 14.9 Å². The van der Waals surface area contributed by atoms with Crippen molar-refractivity contribution in [3.05, 3.63) is 48.8 Å². The van der Waals surface area contributed by atoms with Gasteiger partial charge in [-0.25, -0.2) is 18.4 Å². The van der Waals surface area contributed by atoms with Crippen molar-refractivity contribution in [1.29, 1.82) is 0 Å². The minimum absolute atomic E-state index is 0.000693. The minimum atomic E-state index is -3.42. The van der Waals surface area contributed by atoms with Crippen molar-refractivity contribution in [3.8, 4) is 0 Å². The van der Waals surface area contributed by atoms with Crippen LogP contribution >= 0.6 is 0 Å². The second-order valence-electron chi connectivity index (χ2n) is 6.98. The van der Waals surface area contributed by atoms with Crippen LogP contribution in [0.5, 0.6) is 0 Å². The van der Waals surface area contributed by atoms with Gasteiger partial charge in [0.2, 0.25) is 16.0 Å². The summed E-state index contributed by atoms with van der Waals surface area (Å²) in [6.45, 7) is 2.87. The van der Waals surface area contributed by atoms with E-state index in [1.54, 1.807) is 41.0 Å². The maximum absolute atomic E-state index is 13.0. The molecule has 1 atom stereocenters. The van der Waals surface area contributed by atoms with Crippen LogP contribution in [0.1, 0.15) is 19.3 Å². The first-order valence-corrected chi connectivity index (χ1v) is 10.1. The molecule has 1 aromatic carbocycles. The van der Waals surface area contributed by atoms with Gasteiger partial charge in [-0.15, -0.1) is 0 Å². The van der Waals surface area contributed by atoms with E-state index < -0.39 is 10.0 Å². The lowest BCUT2D eigenvalue weighted by atomic mass is 9.80. The Hall–Kier alpha value is -1.99. The van der Waals surface area contributed by atoms with Crippen LogP contribution in [0.2, 0.25) is 0 Å². The van der Waals surface area contributed by atoms with Gasteiger partial charge in [0.1, 0.15) is 0 Å². The average molecular weight is 358 g/mol. The number of aromatic nitrogens is 2. The number of piperidine rings is 1. The summed E-state index contributed by atoms with van der Waals surface area (Å²) < 4.78 is 27.6. The van der Waals surface area contributed by atoms with Gasteiger partial charge in [-0.2, -0.15) is 4.31 Å². The predicted octanol–water partition coefficient (Wildman–Crippen LogP) is 2.16. The number of nitrogens with zero attached hydrogens (tertiary/aromatic N) is 4. The SMILES string of the molecule is O=S(=O)(c1ccccc1)N1CCC[C@@]2(CCN(c3ncccn3)C2)C1. The summed E-state index contributed by atoms with van der Waals surface area (Å²) in [7, 11) is -3.42. The smallest absolute Gasteiger partial charge is 0.243 e. The van der Waals surface area contributed by atoms with Crippen molar-refractivity contribution < 1.29 is 8.42 Å². The van der Waals surface area contributed by atoms with Gasteiger partial charge >= 0.3 is 0 Å². The molecule has 132 valence electrons. The van der Waals surface area contributed by atoms with Crippen molar-refractivity contribution in [2.24, 2.45) is 5.41 Å². The third kappa shape index (κ3) is 3.14. The van der Waals surface area contributed by atoms with E-state index in [9.17, 15) is 8.42 Å². The number of anilines is 1. The van der Waals surface area contributed by atoms with Crippen molar-refractivity contribution in [2.75, 3.05) is 31.1 Å². The third-order valence-electron chi connectivity index (χ3n) is 5.28. The molecule has 0 amide bonds. The summed E-state index contributed by atoms with van der Waals surface area (Å²) in [6, 6.07) is 10.5. The molecular formula is C18H22N4O2S. The number of benzene rings is 1. The second-order valence-corrected chi connectivity index (χ2v) is 8.91. The average Bonchev–Trinajstić information content (AvgIpc) is 3.06. The minimum Gasteiger partial charge on any atom is -0.340 e. The molecule has 0 radical (unpaired) electrons. The quantitative estimate of drug-likeness (QED) is 0.841. The largest absolute Gasteiger partial charge is 0.340 e. The molecule has 0 bridgehead atoms. The molecule has 25 heavy (non-hydrogen) atoms. The zero-order chi connectivity index (χ0) is 17.3. The summed E-state index contributed by atoms with van der Waals surface area (Å²) in [5.41, 5.74) is -0.000693. The van der Waals surface area contributed by atoms with Gasteiger partial charge in [0.05, 0.1) is 4.90 Å². The van der Waals surface area contributed by atoms with E-state index in [0.717, 1.165) is 38.3 Å². The summed E-state index contributed by atoms with van der Waals surface area (Å²) in [5.74, 6) is 0.738. The Balaban J connectivity index is 1.54. The number of rotatable bonds is 3. The summed E-state index contributed by atoms with van der Waals surface area (Å²) in [5, 5.41) is 0. The van der Waals surface area contributed by atoms with Gasteiger partial charge in [0, 0.05) is 44.0 Å². The molecule has 0 aliphatic carbocycles. The van der Waals surface area contributed by atoms with E-state index in [1.807, 2.05) is 12.1 Å². The fourth-order valence-corrected chi connectivity index (χ4v) is 5.62. The molecule has 0 saturated carbocycles. The molecule has 7 heteroatoms. The fourth-order valence-electron chi connectivity index (χ4n) is 4.00. The molecule has 6 nitrogen and oxygen atoms in total. The van der Waals surface area contributed by atoms with Gasteiger partial charge in [0.15, 0.2) is 0 Å². The Bertz CT molecular complexity index is 829. The van der Waals surface area contributed by atoms with Gasteiger partial charge < -0.3 is 4.90 Å². The maximum atomic E-state index is 13.0. The molecular weight excluding hydrogens is 336 g/mol. The van der Waals surface area contributed by atoms with E-state index in [4.69, 9.17) is 0 Å². The van der Waals surface area contributed by atoms with Crippen LogP contribution in [-0.4, -0.2) is 48.9 Å². The first-order valence-electron chi connectivity index (χ1n) is 8.66. The zero-order valence-corrected chi connectivity index (χ0v) is 14.9. The van der Waals surface area contributed by atoms with Crippen LogP contribution in [-0.2, 0) is 10.0 Å². The van der Waals surface area contributed by atoms with E-state index in [-0.39, 0.29) is 5.41 Å². The molecule has 2 aromatic rings. The van der Waals surface area contributed by atoms with Crippen molar-refractivity contribution in [2.45, 2.75) is 24.2 Å². The Morgan fingerprint density at radius 1 is 0.920 bits per heavy atom. The van der Waals surface area contributed by atoms with Crippen molar-refractivity contribution in [3.63, 3.8) is 0 Å². The highest BCUT2D eigenvalue weighted by molar-refractivity contribution is 7.89. The highest BCUT2D eigenvalue weighted by Crippen LogP contribution is 2.41. The molecule has 1 aromatic heterocycles. The first-order chi connectivity index (χ1) is 12.1. The molecule has 2 aliphatic heterocycles. The molecule has 1 spiro atoms. The fraction of sp³-hybridized carbons (Fsp3) is 0.444. The maximum Gasteiger partial charge on any atom is 0.243 e. The summed E-state index contributed by atoms with van der Waals surface area (Å²) in [4.78, 5) is 11.2. The predicted molar refractivity (Wildman–Crippen MR) is 95.7 cm³/mol. The van der Waals surface area contributed by atoms with Gasteiger partial charge in [-0.05, 0) is 37.5 Å². The van der Waals surface area contributed by atoms with Crippen molar-refractivity contribution in [1.82, 2.24) is 14.3 Å². The molecule has 2 saturated heterocycles. The van der Waals surface area contributed by atoms with E-state index in [0.29, 0.717) is 18.0 Å². The third-order valence-corrected chi connectivity index (χ3v) is 7.14. The van der Waals surface area contributed by atoms with Gasteiger partial charge in [-0.3, -0.25) is 0 Å². The van der Waals surface area contributed by atoms with Crippen LogP contribution < -0.4 is 4.90 Å². The van der Waals surface area contributed by atoms with Gasteiger partial charge in [-0.1, -0.05) is 18.2 Å².